The third-order valence-electron chi connectivity index (χ3n) is 2.53. The summed E-state index contributed by atoms with van der Waals surface area (Å²) in [5.74, 6) is -5.01. The molecular formula is C12H13N3O5. The van der Waals surface area contributed by atoms with E-state index in [4.69, 9.17) is 16.6 Å². The van der Waals surface area contributed by atoms with Crippen molar-refractivity contribution in [3.05, 3.63) is 29.3 Å². The Balaban J connectivity index is 3.12. The number of benzene rings is 1. The minimum absolute atomic E-state index is 0.0282. The molecule has 8 nitrogen and oxygen atoms in total. The van der Waals surface area contributed by atoms with Crippen LogP contribution in [0.3, 0.4) is 0 Å². The summed E-state index contributed by atoms with van der Waals surface area (Å²) in [6.07, 6.45) is 0. The summed E-state index contributed by atoms with van der Waals surface area (Å²) in [7, 11) is 0. The van der Waals surface area contributed by atoms with Crippen LogP contribution in [0, 0.1) is 5.92 Å². The van der Waals surface area contributed by atoms with Gasteiger partial charge in [0, 0.05) is 16.8 Å². The second kappa shape index (κ2) is 5.83. The van der Waals surface area contributed by atoms with Crippen LogP contribution in [-0.4, -0.2) is 28.8 Å². The highest BCUT2D eigenvalue weighted by atomic mass is 16.4. The molecule has 1 aromatic carbocycles. The van der Waals surface area contributed by atoms with E-state index in [2.05, 4.69) is 5.32 Å². The summed E-state index contributed by atoms with van der Waals surface area (Å²) in [6, 6.07) is 3.63. The molecular weight excluding hydrogens is 266 g/mol. The molecule has 0 bridgehead atoms. The summed E-state index contributed by atoms with van der Waals surface area (Å²) in [5, 5.41) is 11.0. The molecule has 1 rings (SSSR count). The average molecular weight is 279 g/mol. The average Bonchev–Trinajstić information content (AvgIpc) is 2.36. The number of rotatable bonds is 5. The molecule has 0 saturated carbocycles. The van der Waals surface area contributed by atoms with Gasteiger partial charge < -0.3 is 21.9 Å². The van der Waals surface area contributed by atoms with E-state index < -0.39 is 29.6 Å². The standard InChI is InChI=1S/C12H13N3O5/c1-5(12(19)20)11(18)15-8-3-6(9(13)16)2-7(4-8)10(14)17/h2-5H,1H3,(H2,13,16)(H2,14,17)(H,15,18)(H,19,20). The molecule has 0 saturated heterocycles. The van der Waals surface area contributed by atoms with Gasteiger partial charge in [0.05, 0.1) is 0 Å². The Labute approximate surface area is 113 Å². The number of amides is 3. The summed E-state index contributed by atoms with van der Waals surface area (Å²) in [5.41, 5.74) is 10.2. The number of carbonyl (C=O) groups is 4. The normalized spacial score (nSPS) is 11.4. The van der Waals surface area contributed by atoms with E-state index >= 15 is 0 Å². The fourth-order valence-corrected chi connectivity index (χ4v) is 1.35. The first kappa shape index (κ1) is 15.2. The second-order valence-electron chi connectivity index (χ2n) is 4.08. The fraction of sp³-hybridized carbons (Fsp3) is 0.167. The van der Waals surface area contributed by atoms with Gasteiger partial charge in [-0.05, 0) is 25.1 Å². The molecule has 6 N–H and O–H groups in total. The quantitative estimate of drug-likeness (QED) is 0.537. The Bertz CT molecular complexity index is 565. The van der Waals surface area contributed by atoms with Gasteiger partial charge in [0.2, 0.25) is 17.7 Å². The van der Waals surface area contributed by atoms with Gasteiger partial charge in [-0.1, -0.05) is 0 Å². The lowest BCUT2D eigenvalue weighted by Crippen LogP contribution is -2.27. The number of aliphatic carboxylic acids is 1. The minimum atomic E-state index is -1.30. The topological polar surface area (TPSA) is 153 Å². The van der Waals surface area contributed by atoms with Crippen LogP contribution in [0.4, 0.5) is 5.69 Å². The molecule has 0 heterocycles. The molecule has 0 aliphatic heterocycles. The summed E-state index contributed by atoms with van der Waals surface area (Å²) >= 11 is 0. The first-order valence-corrected chi connectivity index (χ1v) is 5.50. The maximum absolute atomic E-state index is 11.6. The number of carboxylic acids is 1. The summed E-state index contributed by atoms with van der Waals surface area (Å²) in [4.78, 5) is 44.5. The molecule has 3 amide bonds. The predicted octanol–water partition coefficient (Wildman–Crippen LogP) is -0.456. The van der Waals surface area contributed by atoms with E-state index in [0.29, 0.717) is 0 Å². The fourth-order valence-electron chi connectivity index (χ4n) is 1.35. The van der Waals surface area contributed by atoms with Crippen molar-refractivity contribution in [2.45, 2.75) is 6.92 Å². The van der Waals surface area contributed by atoms with Crippen LogP contribution in [0.15, 0.2) is 18.2 Å². The first-order chi connectivity index (χ1) is 9.22. The number of carbonyl (C=O) groups excluding carboxylic acids is 3. The molecule has 0 radical (unpaired) electrons. The van der Waals surface area contributed by atoms with Crippen LogP contribution in [0.1, 0.15) is 27.6 Å². The van der Waals surface area contributed by atoms with Gasteiger partial charge in [-0.2, -0.15) is 0 Å². The van der Waals surface area contributed by atoms with Crippen molar-refractivity contribution < 1.29 is 24.3 Å². The number of primary amides is 2. The SMILES string of the molecule is CC(C(=O)O)C(=O)Nc1cc(C(N)=O)cc(C(N)=O)c1. The number of nitrogens with one attached hydrogen (secondary N) is 1. The molecule has 0 spiro atoms. The molecule has 0 fully saturated rings. The number of hydrogen-bond acceptors (Lipinski definition) is 4. The van der Waals surface area contributed by atoms with Gasteiger partial charge in [-0.25, -0.2) is 0 Å². The predicted molar refractivity (Wildman–Crippen MR) is 68.9 cm³/mol. The van der Waals surface area contributed by atoms with Gasteiger partial charge in [0.25, 0.3) is 0 Å². The molecule has 0 aromatic heterocycles. The summed E-state index contributed by atoms with van der Waals surface area (Å²) < 4.78 is 0. The lowest BCUT2D eigenvalue weighted by Gasteiger charge is -2.10. The van der Waals surface area contributed by atoms with Gasteiger partial charge in [-0.15, -0.1) is 0 Å². The van der Waals surface area contributed by atoms with Gasteiger partial charge >= 0.3 is 5.97 Å². The Kier molecular flexibility index (Phi) is 4.42. The van der Waals surface area contributed by atoms with Crippen molar-refractivity contribution in [3.63, 3.8) is 0 Å². The van der Waals surface area contributed by atoms with Crippen molar-refractivity contribution in [3.8, 4) is 0 Å². The van der Waals surface area contributed by atoms with Crippen LogP contribution < -0.4 is 16.8 Å². The number of carboxylic acid groups (broad SMARTS) is 1. The molecule has 20 heavy (non-hydrogen) atoms. The van der Waals surface area contributed by atoms with E-state index in [0.717, 1.165) is 0 Å². The molecule has 106 valence electrons. The van der Waals surface area contributed by atoms with E-state index in [1.807, 2.05) is 0 Å². The second-order valence-corrected chi connectivity index (χ2v) is 4.08. The molecule has 0 aliphatic rings. The number of anilines is 1. The number of hydrogen-bond donors (Lipinski definition) is 4. The lowest BCUT2D eigenvalue weighted by molar-refractivity contribution is -0.144. The third kappa shape index (κ3) is 3.55. The van der Waals surface area contributed by atoms with Crippen molar-refractivity contribution in [1.82, 2.24) is 0 Å². The highest BCUT2D eigenvalue weighted by Gasteiger charge is 2.21. The third-order valence-corrected chi connectivity index (χ3v) is 2.53. The Morgan fingerprint density at radius 2 is 1.50 bits per heavy atom. The van der Waals surface area contributed by atoms with E-state index in [1.165, 1.54) is 25.1 Å². The zero-order valence-electron chi connectivity index (χ0n) is 10.5. The highest BCUT2D eigenvalue weighted by molar-refractivity contribution is 6.06. The van der Waals surface area contributed by atoms with Crippen molar-refractivity contribution in [2.24, 2.45) is 17.4 Å². The van der Waals surface area contributed by atoms with Crippen molar-refractivity contribution in [2.75, 3.05) is 5.32 Å². The molecule has 1 unspecified atom stereocenters. The minimum Gasteiger partial charge on any atom is -0.481 e. The van der Waals surface area contributed by atoms with Gasteiger partial charge in [0.1, 0.15) is 5.92 Å². The maximum atomic E-state index is 11.6. The van der Waals surface area contributed by atoms with Crippen LogP contribution in [0.25, 0.3) is 0 Å². The van der Waals surface area contributed by atoms with E-state index in [-0.39, 0.29) is 16.8 Å². The Hall–Kier alpha value is -2.90. The van der Waals surface area contributed by atoms with E-state index in [9.17, 15) is 19.2 Å². The van der Waals surface area contributed by atoms with E-state index in [1.54, 1.807) is 0 Å². The Morgan fingerprint density at radius 1 is 1.05 bits per heavy atom. The zero-order valence-corrected chi connectivity index (χ0v) is 10.5. The van der Waals surface area contributed by atoms with Gasteiger partial charge in [-0.3, -0.25) is 19.2 Å². The maximum Gasteiger partial charge on any atom is 0.315 e. The summed E-state index contributed by atoms with van der Waals surface area (Å²) in [6.45, 7) is 1.20. The van der Waals surface area contributed by atoms with Crippen molar-refractivity contribution in [1.29, 1.82) is 0 Å². The van der Waals surface area contributed by atoms with Crippen LogP contribution in [0.5, 0.6) is 0 Å². The first-order valence-electron chi connectivity index (χ1n) is 5.50. The largest absolute Gasteiger partial charge is 0.481 e. The molecule has 0 aliphatic carbocycles. The van der Waals surface area contributed by atoms with Crippen molar-refractivity contribution >= 4 is 29.4 Å². The monoisotopic (exact) mass is 279 g/mol. The van der Waals surface area contributed by atoms with Crippen LogP contribution in [0.2, 0.25) is 0 Å². The molecule has 1 aromatic rings. The molecule has 1 atom stereocenters. The van der Waals surface area contributed by atoms with Crippen LogP contribution in [-0.2, 0) is 9.59 Å². The Morgan fingerprint density at radius 3 is 1.85 bits per heavy atom. The lowest BCUT2D eigenvalue weighted by atomic mass is 10.1. The molecule has 8 heteroatoms. The van der Waals surface area contributed by atoms with Gasteiger partial charge in [0.15, 0.2) is 0 Å². The zero-order chi connectivity index (χ0) is 15.4. The highest BCUT2D eigenvalue weighted by Crippen LogP contribution is 2.16. The van der Waals surface area contributed by atoms with Crippen LogP contribution >= 0.6 is 0 Å². The smallest absolute Gasteiger partial charge is 0.315 e. The number of nitrogens with two attached hydrogens (primary N) is 2.